The number of rotatable bonds is 0. The van der Waals surface area contributed by atoms with Crippen molar-refractivity contribution in [2.24, 2.45) is 0 Å². The Balaban J connectivity index is 0.000000236. The van der Waals surface area contributed by atoms with Gasteiger partial charge in [-0.05, 0) is 18.5 Å². The maximum Gasteiger partial charge on any atom is -0.0264 e. The molecule has 1 fully saturated rings. The van der Waals surface area contributed by atoms with E-state index < -0.39 is 0 Å². The smallest absolute Gasteiger partial charge is 0.0264 e. The van der Waals surface area contributed by atoms with Gasteiger partial charge in [0.25, 0.3) is 0 Å². The molecule has 0 nitrogen and oxygen atoms in total. The molecule has 1 unspecified atom stereocenters. The Morgan fingerprint density at radius 1 is 1.10 bits per heavy atom. The van der Waals surface area contributed by atoms with Crippen LogP contribution >= 0.6 is 9.24 Å². The third-order valence-electron chi connectivity index (χ3n) is 1.65. The fourth-order valence-electron chi connectivity index (χ4n) is 1.13. The Morgan fingerprint density at radius 3 is 1.70 bits per heavy atom. The molecule has 0 saturated heterocycles. The summed E-state index contributed by atoms with van der Waals surface area (Å²) in [7, 11) is 2.91. The van der Waals surface area contributed by atoms with Crippen molar-refractivity contribution in [3.05, 3.63) is 0 Å². The van der Waals surface area contributed by atoms with E-state index in [1.807, 2.05) is 0 Å². The molecule has 0 aromatic heterocycles. The zero-order valence-electron chi connectivity index (χ0n) is 7.40. The van der Waals surface area contributed by atoms with E-state index in [0.29, 0.717) is 0 Å². The lowest BCUT2D eigenvalue weighted by atomic mass is 10.0. The molecule has 0 spiro atoms. The van der Waals surface area contributed by atoms with Crippen LogP contribution < -0.4 is 0 Å². The van der Waals surface area contributed by atoms with E-state index in [-0.39, 0.29) is 0 Å². The molecule has 1 saturated carbocycles. The fourth-order valence-corrected chi connectivity index (χ4v) is 1.61. The Morgan fingerprint density at radius 2 is 1.50 bits per heavy atom. The highest BCUT2D eigenvalue weighted by atomic mass is 31.0. The summed E-state index contributed by atoms with van der Waals surface area (Å²) in [6, 6.07) is 0. The highest BCUT2D eigenvalue weighted by molar-refractivity contribution is 7.17. The third-order valence-corrected chi connectivity index (χ3v) is 2.32. The predicted octanol–water partition coefficient (Wildman–Crippen LogP) is 3.61. The largest absolute Gasteiger partial charge is 0.134 e. The summed E-state index contributed by atoms with van der Waals surface area (Å²) in [5.74, 6) is 0. The van der Waals surface area contributed by atoms with E-state index in [2.05, 4.69) is 23.1 Å². The van der Waals surface area contributed by atoms with Crippen molar-refractivity contribution in [1.82, 2.24) is 0 Å². The minimum Gasteiger partial charge on any atom is -0.134 e. The molecule has 0 radical (unpaired) electrons. The summed E-state index contributed by atoms with van der Waals surface area (Å²) >= 11 is 0. The van der Waals surface area contributed by atoms with Crippen LogP contribution in [0.5, 0.6) is 0 Å². The number of hydrogen-bond acceptors (Lipinski definition) is 0. The molecule has 0 bridgehead atoms. The number of hydrogen-bond donors (Lipinski definition) is 0. The summed E-state index contributed by atoms with van der Waals surface area (Å²) in [5, 5.41) is 0. The van der Waals surface area contributed by atoms with E-state index >= 15 is 0 Å². The minimum absolute atomic E-state index is 0.953. The predicted molar refractivity (Wildman–Crippen MR) is 52.5 cm³/mol. The average Bonchev–Trinajstić information content (AvgIpc) is 1.91. The lowest BCUT2D eigenvalue weighted by Crippen LogP contribution is -2.02. The molecular weight excluding hydrogens is 139 g/mol. The molecule has 1 heteroatoms. The first-order valence-corrected chi connectivity index (χ1v) is 5.23. The summed E-state index contributed by atoms with van der Waals surface area (Å²) < 4.78 is 0. The van der Waals surface area contributed by atoms with Crippen molar-refractivity contribution >= 4 is 9.24 Å². The Hall–Kier alpha value is 0.430. The van der Waals surface area contributed by atoms with Gasteiger partial charge in [0, 0.05) is 0 Å². The van der Waals surface area contributed by atoms with Crippen molar-refractivity contribution in [2.75, 3.05) is 0 Å². The van der Waals surface area contributed by atoms with Crippen LogP contribution in [0.2, 0.25) is 0 Å². The molecule has 1 aliphatic carbocycles. The van der Waals surface area contributed by atoms with E-state index in [4.69, 9.17) is 0 Å². The third kappa shape index (κ3) is 6.55. The summed E-state index contributed by atoms with van der Waals surface area (Å²) in [5.41, 5.74) is 0.953. The van der Waals surface area contributed by atoms with E-state index in [9.17, 15) is 0 Å². The first kappa shape index (κ1) is 10.4. The van der Waals surface area contributed by atoms with Gasteiger partial charge >= 0.3 is 0 Å². The lowest BCUT2D eigenvalue weighted by molar-refractivity contribution is 0.516. The summed E-state index contributed by atoms with van der Waals surface area (Å²) in [6.07, 6.45) is 8.56. The maximum atomic E-state index is 2.91. The standard InChI is InChI=1S/C6H13P.C3H8/c7-6-4-2-1-3-5-6;1-3-2/h6H,1-5,7H2;3H2,1-2H3. The second-order valence-electron chi connectivity index (χ2n) is 3.11. The first-order valence-electron chi connectivity index (χ1n) is 4.56. The van der Waals surface area contributed by atoms with Gasteiger partial charge in [-0.2, -0.15) is 0 Å². The van der Waals surface area contributed by atoms with Gasteiger partial charge in [0.2, 0.25) is 0 Å². The summed E-state index contributed by atoms with van der Waals surface area (Å²) in [4.78, 5) is 0. The molecule has 0 amide bonds. The highest BCUT2D eigenvalue weighted by Crippen LogP contribution is 2.23. The topological polar surface area (TPSA) is 0 Å². The molecule has 1 atom stereocenters. The van der Waals surface area contributed by atoms with Crippen molar-refractivity contribution in [1.29, 1.82) is 0 Å². The van der Waals surface area contributed by atoms with Gasteiger partial charge in [-0.25, -0.2) is 0 Å². The van der Waals surface area contributed by atoms with Crippen LogP contribution in [-0.4, -0.2) is 5.66 Å². The molecule has 10 heavy (non-hydrogen) atoms. The van der Waals surface area contributed by atoms with E-state index in [1.54, 1.807) is 0 Å². The van der Waals surface area contributed by atoms with Gasteiger partial charge in [0.15, 0.2) is 0 Å². The monoisotopic (exact) mass is 160 g/mol. The van der Waals surface area contributed by atoms with Gasteiger partial charge in [0.05, 0.1) is 0 Å². The molecule has 0 aromatic carbocycles. The average molecular weight is 160 g/mol. The van der Waals surface area contributed by atoms with Crippen molar-refractivity contribution in [2.45, 2.75) is 58.0 Å². The fraction of sp³-hybridized carbons (Fsp3) is 1.00. The Bertz CT molecular complexity index is 55.7. The second-order valence-corrected chi connectivity index (χ2v) is 4.05. The van der Waals surface area contributed by atoms with Crippen LogP contribution in [0.4, 0.5) is 0 Å². The van der Waals surface area contributed by atoms with Crippen LogP contribution in [0.3, 0.4) is 0 Å². The van der Waals surface area contributed by atoms with Crippen LogP contribution in [-0.2, 0) is 0 Å². The van der Waals surface area contributed by atoms with E-state index in [0.717, 1.165) is 5.66 Å². The van der Waals surface area contributed by atoms with Crippen molar-refractivity contribution in [3.63, 3.8) is 0 Å². The van der Waals surface area contributed by atoms with Gasteiger partial charge in [0.1, 0.15) is 0 Å². The molecule has 0 N–H and O–H groups in total. The molecule has 0 heterocycles. The second kappa shape index (κ2) is 7.54. The zero-order chi connectivity index (χ0) is 7.82. The molecule has 1 aliphatic rings. The normalized spacial score (nSPS) is 19.5. The molecule has 0 aromatic rings. The van der Waals surface area contributed by atoms with Gasteiger partial charge in [-0.3, -0.25) is 0 Å². The van der Waals surface area contributed by atoms with Crippen LogP contribution in [0, 0.1) is 0 Å². The van der Waals surface area contributed by atoms with Crippen LogP contribution in [0.15, 0.2) is 0 Å². The van der Waals surface area contributed by atoms with Gasteiger partial charge < -0.3 is 0 Å². The minimum atomic E-state index is 0.953. The van der Waals surface area contributed by atoms with Crippen LogP contribution in [0.1, 0.15) is 52.4 Å². The highest BCUT2D eigenvalue weighted by Gasteiger charge is 2.06. The molecule has 0 aliphatic heterocycles. The first-order chi connectivity index (χ1) is 4.81. The quantitative estimate of drug-likeness (QED) is 0.475. The van der Waals surface area contributed by atoms with Crippen molar-refractivity contribution < 1.29 is 0 Å². The van der Waals surface area contributed by atoms with Crippen molar-refractivity contribution in [3.8, 4) is 0 Å². The Labute approximate surface area is 68.0 Å². The molecular formula is C9H21P. The van der Waals surface area contributed by atoms with Crippen LogP contribution in [0.25, 0.3) is 0 Å². The van der Waals surface area contributed by atoms with Gasteiger partial charge in [-0.1, -0.05) is 39.5 Å². The zero-order valence-corrected chi connectivity index (χ0v) is 8.55. The lowest BCUT2D eigenvalue weighted by Gasteiger charge is -2.15. The maximum absolute atomic E-state index is 2.91. The molecule has 62 valence electrons. The Kier molecular flexibility index (Phi) is 7.86. The SMILES string of the molecule is CCC.PC1CCCCC1. The molecule has 1 rings (SSSR count). The van der Waals surface area contributed by atoms with E-state index in [1.165, 1.54) is 38.5 Å². The van der Waals surface area contributed by atoms with Gasteiger partial charge in [-0.15, -0.1) is 9.24 Å². The summed E-state index contributed by atoms with van der Waals surface area (Å²) in [6.45, 7) is 4.25.